The van der Waals surface area contributed by atoms with Crippen molar-refractivity contribution in [2.75, 3.05) is 0 Å². The SMILES string of the molecule is CC(C)(C)N(Cl)NC(=O)c1ccc(Cl)cc1Cl.Cl. The van der Waals surface area contributed by atoms with Gasteiger partial charge in [0, 0.05) is 22.3 Å². The van der Waals surface area contributed by atoms with Gasteiger partial charge >= 0.3 is 0 Å². The largest absolute Gasteiger partial charge is 0.270 e. The van der Waals surface area contributed by atoms with Gasteiger partial charge in [-0.15, -0.1) is 16.9 Å². The molecule has 0 aliphatic carbocycles. The lowest BCUT2D eigenvalue weighted by Crippen LogP contribution is -2.46. The Morgan fingerprint density at radius 1 is 1.28 bits per heavy atom. The van der Waals surface area contributed by atoms with Gasteiger partial charge < -0.3 is 0 Å². The van der Waals surface area contributed by atoms with Crippen molar-refractivity contribution in [1.82, 2.24) is 9.95 Å². The minimum atomic E-state index is -0.393. The highest BCUT2D eigenvalue weighted by atomic mass is 35.5. The Morgan fingerprint density at radius 3 is 2.28 bits per heavy atom. The minimum Gasteiger partial charge on any atom is -0.270 e. The van der Waals surface area contributed by atoms with Gasteiger partial charge in [0.05, 0.1) is 10.6 Å². The third kappa shape index (κ3) is 4.82. The molecule has 0 heterocycles. The molecule has 0 spiro atoms. The Morgan fingerprint density at radius 2 is 1.83 bits per heavy atom. The highest BCUT2D eigenvalue weighted by molar-refractivity contribution is 6.36. The van der Waals surface area contributed by atoms with E-state index in [1.807, 2.05) is 20.8 Å². The molecular weight excluding hydrogens is 318 g/mol. The molecule has 1 amide bonds. The normalized spacial score (nSPS) is 11.1. The summed E-state index contributed by atoms with van der Waals surface area (Å²) >= 11 is 17.6. The molecule has 0 aliphatic rings. The third-order valence-electron chi connectivity index (χ3n) is 1.96. The van der Waals surface area contributed by atoms with Crippen LogP contribution in [0.1, 0.15) is 31.1 Å². The molecule has 0 aromatic heterocycles. The van der Waals surface area contributed by atoms with Gasteiger partial charge in [-0.05, 0) is 39.0 Å². The number of hydrazine groups is 1. The van der Waals surface area contributed by atoms with E-state index in [2.05, 4.69) is 5.43 Å². The van der Waals surface area contributed by atoms with Crippen LogP contribution in [0.5, 0.6) is 0 Å². The summed E-state index contributed by atoms with van der Waals surface area (Å²) < 4.78 is 1.21. The van der Waals surface area contributed by atoms with E-state index in [0.717, 1.165) is 0 Å². The Kier molecular flexibility index (Phi) is 6.75. The molecule has 0 saturated heterocycles. The number of nitrogens with zero attached hydrogens (tertiary/aromatic N) is 1. The lowest BCUT2D eigenvalue weighted by molar-refractivity contribution is 0.0806. The monoisotopic (exact) mass is 330 g/mol. The molecular formula is C11H14Cl4N2O. The van der Waals surface area contributed by atoms with Gasteiger partial charge in [-0.25, -0.2) is 0 Å². The van der Waals surface area contributed by atoms with Crippen molar-refractivity contribution >= 4 is 53.3 Å². The predicted molar refractivity (Wildman–Crippen MR) is 78.6 cm³/mol. The fourth-order valence-electron chi connectivity index (χ4n) is 0.991. The average molecular weight is 332 g/mol. The first kappa shape index (κ1) is 17.8. The maximum Gasteiger partial charge on any atom is 0.268 e. The number of carbonyl (C=O) groups is 1. The van der Waals surface area contributed by atoms with E-state index in [1.54, 1.807) is 12.1 Å². The summed E-state index contributed by atoms with van der Waals surface area (Å²) in [4.78, 5) is 11.9. The van der Waals surface area contributed by atoms with Crippen molar-refractivity contribution in [1.29, 1.82) is 0 Å². The van der Waals surface area contributed by atoms with Crippen molar-refractivity contribution in [3.05, 3.63) is 33.8 Å². The summed E-state index contributed by atoms with van der Waals surface area (Å²) in [5, 5.41) is 0.763. The van der Waals surface area contributed by atoms with E-state index < -0.39 is 5.54 Å². The Balaban J connectivity index is 0.00000289. The van der Waals surface area contributed by atoms with Gasteiger partial charge in [0.1, 0.15) is 0 Å². The first-order valence-corrected chi connectivity index (χ1v) is 6.03. The number of rotatable bonds is 2. The van der Waals surface area contributed by atoms with Crippen LogP contribution in [0.25, 0.3) is 0 Å². The van der Waals surface area contributed by atoms with Crippen LogP contribution in [0.3, 0.4) is 0 Å². The Labute approximate surface area is 128 Å². The van der Waals surface area contributed by atoms with Gasteiger partial charge in [-0.2, -0.15) is 0 Å². The van der Waals surface area contributed by atoms with Crippen LogP contribution in [0.15, 0.2) is 18.2 Å². The number of carbonyl (C=O) groups excluding carboxylic acids is 1. The van der Waals surface area contributed by atoms with E-state index in [-0.39, 0.29) is 23.3 Å². The number of benzene rings is 1. The zero-order valence-corrected chi connectivity index (χ0v) is 13.2. The zero-order valence-electron chi connectivity index (χ0n) is 10.1. The molecule has 1 rings (SSSR count). The van der Waals surface area contributed by atoms with Crippen LogP contribution in [0.4, 0.5) is 0 Å². The van der Waals surface area contributed by atoms with Crippen LogP contribution in [-0.2, 0) is 0 Å². The Bertz CT molecular complexity index is 432. The van der Waals surface area contributed by atoms with E-state index in [1.165, 1.54) is 10.6 Å². The molecule has 0 atom stereocenters. The second kappa shape index (κ2) is 6.83. The van der Waals surface area contributed by atoms with E-state index >= 15 is 0 Å². The topological polar surface area (TPSA) is 32.3 Å². The fraction of sp³-hybridized carbons (Fsp3) is 0.364. The molecule has 0 aliphatic heterocycles. The molecule has 102 valence electrons. The van der Waals surface area contributed by atoms with Crippen molar-refractivity contribution in [3.63, 3.8) is 0 Å². The molecule has 3 nitrogen and oxygen atoms in total. The number of amides is 1. The van der Waals surface area contributed by atoms with Gasteiger partial charge in [0.25, 0.3) is 5.91 Å². The highest BCUT2D eigenvalue weighted by Gasteiger charge is 2.22. The predicted octanol–water partition coefficient (Wildman–Crippen LogP) is 4.31. The molecule has 1 N–H and O–H groups in total. The second-order valence-electron chi connectivity index (χ2n) is 4.52. The van der Waals surface area contributed by atoms with Crippen molar-refractivity contribution in [2.24, 2.45) is 0 Å². The van der Waals surface area contributed by atoms with Crippen LogP contribution in [0, 0.1) is 0 Å². The highest BCUT2D eigenvalue weighted by Crippen LogP contribution is 2.21. The summed E-state index contributed by atoms with van der Waals surface area (Å²) in [6.07, 6.45) is 0. The molecule has 1 aromatic rings. The molecule has 0 fully saturated rings. The molecule has 18 heavy (non-hydrogen) atoms. The summed E-state index contributed by atoms with van der Waals surface area (Å²) in [6.45, 7) is 5.59. The van der Waals surface area contributed by atoms with Crippen molar-refractivity contribution < 1.29 is 4.79 Å². The van der Waals surface area contributed by atoms with E-state index in [4.69, 9.17) is 35.0 Å². The third-order valence-corrected chi connectivity index (χ3v) is 3.10. The standard InChI is InChI=1S/C11H13Cl3N2O.ClH/c1-11(2,3)16(14)15-10(17)8-5-4-7(12)6-9(8)13;/h4-6H,1-3H3,(H,15,17);1H. The van der Waals surface area contributed by atoms with Crippen molar-refractivity contribution in [3.8, 4) is 0 Å². The number of hydrogen-bond donors (Lipinski definition) is 1. The molecule has 7 heteroatoms. The summed E-state index contributed by atoms with van der Waals surface area (Å²) in [5.41, 5.74) is 2.46. The zero-order chi connectivity index (χ0) is 13.2. The number of halogens is 4. The fourth-order valence-corrected chi connectivity index (χ4v) is 1.56. The van der Waals surface area contributed by atoms with Gasteiger partial charge in [-0.1, -0.05) is 23.2 Å². The Hall–Kier alpha value is -0.190. The van der Waals surface area contributed by atoms with Gasteiger partial charge in [-0.3, -0.25) is 10.2 Å². The number of hydrogen-bond acceptors (Lipinski definition) is 2. The van der Waals surface area contributed by atoms with Crippen LogP contribution in [0.2, 0.25) is 10.0 Å². The maximum atomic E-state index is 11.9. The molecule has 0 saturated carbocycles. The average Bonchev–Trinajstić information content (AvgIpc) is 2.15. The van der Waals surface area contributed by atoms with Gasteiger partial charge in [0.15, 0.2) is 0 Å². The molecule has 0 unspecified atom stereocenters. The summed E-state index contributed by atoms with van der Waals surface area (Å²) in [6, 6.07) is 4.65. The van der Waals surface area contributed by atoms with Crippen molar-refractivity contribution in [2.45, 2.75) is 26.3 Å². The maximum absolute atomic E-state index is 11.9. The van der Waals surface area contributed by atoms with Crippen LogP contribution >= 0.6 is 47.4 Å². The minimum absolute atomic E-state index is 0. The van der Waals surface area contributed by atoms with Gasteiger partial charge in [0.2, 0.25) is 0 Å². The molecule has 1 aromatic carbocycles. The lowest BCUT2D eigenvalue weighted by Gasteiger charge is -2.28. The quantitative estimate of drug-likeness (QED) is 0.646. The van der Waals surface area contributed by atoms with E-state index in [0.29, 0.717) is 10.6 Å². The first-order chi connectivity index (χ1) is 7.71. The smallest absolute Gasteiger partial charge is 0.268 e. The summed E-state index contributed by atoms with van der Waals surface area (Å²) in [5.74, 6) is -0.378. The van der Waals surface area contributed by atoms with Crippen LogP contribution in [-0.4, -0.2) is 16.0 Å². The molecule has 0 bridgehead atoms. The van der Waals surface area contributed by atoms with E-state index in [9.17, 15) is 4.79 Å². The first-order valence-electron chi connectivity index (χ1n) is 4.94. The second-order valence-corrected chi connectivity index (χ2v) is 5.70. The summed E-state index contributed by atoms with van der Waals surface area (Å²) in [7, 11) is 0. The number of nitrogens with one attached hydrogen (secondary N) is 1. The lowest BCUT2D eigenvalue weighted by atomic mass is 10.1. The van der Waals surface area contributed by atoms with Crippen LogP contribution < -0.4 is 5.43 Å². The molecule has 0 radical (unpaired) electrons.